The number of esters is 2. The Bertz CT molecular complexity index is 4050. The van der Waals surface area contributed by atoms with Crippen molar-refractivity contribution in [2.75, 3.05) is 49.2 Å². The molecule has 4 aromatic heterocycles. The quantitative estimate of drug-likeness (QED) is 0.0800. The van der Waals surface area contributed by atoms with Crippen LogP contribution in [0.2, 0.25) is 0 Å². The van der Waals surface area contributed by atoms with Crippen molar-refractivity contribution in [1.29, 1.82) is 0 Å². The van der Waals surface area contributed by atoms with E-state index in [2.05, 4.69) is 65.3 Å². The number of aromatic nitrogens is 6. The Labute approximate surface area is 491 Å². The molecular formula is C58H53N13O10S3. The second-order valence-corrected chi connectivity index (χ2v) is 22.3. The second kappa shape index (κ2) is 26.8. The second-order valence-electron chi connectivity index (χ2n) is 19.2. The van der Waals surface area contributed by atoms with E-state index in [1.54, 1.807) is 30.6 Å². The van der Waals surface area contributed by atoms with Crippen LogP contribution >= 0.6 is 34.9 Å². The number of nitrogens with zero attached hydrogens (tertiary/aromatic N) is 10. The molecule has 84 heavy (non-hydrogen) atoms. The largest absolute Gasteiger partial charge is 0.493 e. The van der Waals surface area contributed by atoms with E-state index < -0.39 is 5.91 Å². The van der Waals surface area contributed by atoms with Crippen LogP contribution in [0, 0.1) is 11.8 Å². The first-order valence-electron chi connectivity index (χ1n) is 26.7. The minimum absolute atomic E-state index is 0.0740. The number of hydrogen-bond acceptors (Lipinski definition) is 22. The van der Waals surface area contributed by atoms with Crippen LogP contribution in [0.3, 0.4) is 0 Å². The van der Waals surface area contributed by atoms with Gasteiger partial charge in [0.25, 0.3) is 22.3 Å². The van der Waals surface area contributed by atoms with Gasteiger partial charge in [-0.2, -0.15) is 0 Å². The molecule has 1 unspecified atom stereocenters. The normalized spacial score (nSPS) is 18.5. The topological polar surface area (TPSA) is 306 Å². The number of piperidine rings is 2. The third-order valence-corrected chi connectivity index (χ3v) is 16.1. The van der Waals surface area contributed by atoms with Crippen LogP contribution in [0.25, 0.3) is 40.0 Å². The Morgan fingerprint density at radius 1 is 0.738 bits per heavy atom. The summed E-state index contributed by atoms with van der Waals surface area (Å²) in [5, 5.41) is 16.8. The van der Waals surface area contributed by atoms with Crippen LogP contribution in [-0.2, 0) is 35.2 Å². The summed E-state index contributed by atoms with van der Waals surface area (Å²) in [6, 6.07) is 20.7. The number of hydrogen-bond donors (Lipinski definition) is 4. The first kappa shape index (κ1) is 57.9. The molecule has 26 heteroatoms. The fourth-order valence-corrected chi connectivity index (χ4v) is 11.7. The maximum atomic E-state index is 12.2. The molecule has 7 aromatic rings. The molecule has 0 bridgehead atoms. The van der Waals surface area contributed by atoms with Gasteiger partial charge in [-0.3, -0.25) is 59.2 Å². The van der Waals surface area contributed by atoms with Gasteiger partial charge in [-0.1, -0.05) is 35.6 Å². The summed E-state index contributed by atoms with van der Waals surface area (Å²) in [5.74, 6) is 0.681. The van der Waals surface area contributed by atoms with Gasteiger partial charge in [0.1, 0.15) is 30.6 Å². The van der Waals surface area contributed by atoms with Crippen molar-refractivity contribution in [1.82, 2.24) is 40.5 Å². The number of thiazole rings is 1. The lowest BCUT2D eigenvalue weighted by molar-refractivity contribution is -0.149. The van der Waals surface area contributed by atoms with Crippen LogP contribution in [-0.4, -0.2) is 121 Å². The van der Waals surface area contributed by atoms with E-state index in [1.807, 2.05) is 80.6 Å². The molecule has 9 heterocycles. The van der Waals surface area contributed by atoms with Crippen molar-refractivity contribution in [2.24, 2.45) is 26.8 Å². The van der Waals surface area contributed by atoms with Gasteiger partial charge in [0, 0.05) is 54.9 Å². The Morgan fingerprint density at radius 2 is 1.37 bits per heavy atom. The predicted molar refractivity (Wildman–Crippen MR) is 321 cm³/mol. The van der Waals surface area contributed by atoms with Crippen LogP contribution in [0.15, 0.2) is 121 Å². The zero-order valence-electron chi connectivity index (χ0n) is 45.2. The summed E-state index contributed by atoms with van der Waals surface area (Å²) in [4.78, 5) is 124. The molecule has 428 valence electrons. The van der Waals surface area contributed by atoms with E-state index in [0.717, 1.165) is 121 Å². The van der Waals surface area contributed by atoms with Gasteiger partial charge in [0.2, 0.25) is 5.88 Å². The van der Waals surface area contributed by atoms with Gasteiger partial charge < -0.3 is 24.4 Å². The van der Waals surface area contributed by atoms with Crippen molar-refractivity contribution in [3.63, 3.8) is 0 Å². The SMILES string of the molecule is CCOC(=O)C1CCCN(c2ncnc3ccc(C=C4SC(=O)NC4=O)cc23)C1.CCOC(=O)C1CCN(c2ncnc3ccc(C=C4SC(=O)NC4=O)cc23)CC1.O=c1[nH]c(O)c(C=c2ccc3c(c2)C(=NCc2cccnc2)N=CN=3)s1. The lowest BCUT2D eigenvalue weighted by atomic mass is 9.96. The molecule has 4 fully saturated rings. The molecule has 0 spiro atoms. The lowest BCUT2D eigenvalue weighted by Gasteiger charge is -2.32. The third-order valence-electron chi connectivity index (χ3n) is 13.6. The molecule has 1 atom stereocenters. The highest BCUT2D eigenvalue weighted by Crippen LogP contribution is 2.33. The van der Waals surface area contributed by atoms with E-state index in [1.165, 1.54) is 19.0 Å². The van der Waals surface area contributed by atoms with Gasteiger partial charge in [-0.05, 0) is 146 Å². The molecule has 3 aromatic carbocycles. The number of H-pyrrole nitrogens is 1. The number of thioether (sulfide) groups is 2. The molecule has 5 aliphatic heterocycles. The molecule has 4 N–H and O–H groups in total. The van der Waals surface area contributed by atoms with Gasteiger partial charge >= 0.3 is 16.8 Å². The highest BCUT2D eigenvalue weighted by atomic mass is 32.2. The summed E-state index contributed by atoms with van der Waals surface area (Å²) < 4.78 is 10.3. The van der Waals surface area contributed by atoms with Gasteiger partial charge in [-0.15, -0.1) is 0 Å². The first-order chi connectivity index (χ1) is 40.8. The number of anilines is 2. The summed E-state index contributed by atoms with van der Waals surface area (Å²) in [6.07, 6.45) is 16.2. The summed E-state index contributed by atoms with van der Waals surface area (Å²) in [6.45, 7) is 7.60. The van der Waals surface area contributed by atoms with E-state index in [4.69, 9.17) is 9.47 Å². The zero-order valence-corrected chi connectivity index (χ0v) is 47.7. The van der Waals surface area contributed by atoms with Crippen molar-refractivity contribution in [3.05, 3.63) is 149 Å². The first-order valence-corrected chi connectivity index (χ1v) is 29.1. The number of nitrogens with one attached hydrogen (secondary N) is 3. The minimum Gasteiger partial charge on any atom is -0.493 e. The number of imide groups is 2. The summed E-state index contributed by atoms with van der Waals surface area (Å²) in [7, 11) is 0. The van der Waals surface area contributed by atoms with Gasteiger partial charge in [0.05, 0.1) is 62.7 Å². The molecule has 12 rings (SSSR count). The number of fused-ring (bicyclic) bond motifs is 3. The van der Waals surface area contributed by atoms with Crippen molar-refractivity contribution >= 4 is 133 Å². The number of aromatic amines is 1. The summed E-state index contributed by atoms with van der Waals surface area (Å²) in [5.41, 5.74) is 4.93. The molecule has 5 aliphatic rings. The van der Waals surface area contributed by atoms with Gasteiger partial charge in [0.15, 0.2) is 5.84 Å². The highest BCUT2D eigenvalue weighted by molar-refractivity contribution is 8.18. The number of amidine groups is 1. The number of ether oxygens (including phenoxy) is 2. The monoisotopic (exact) mass is 1190 g/mol. The number of carbonyl (C=O) groups is 6. The highest BCUT2D eigenvalue weighted by Gasteiger charge is 2.31. The molecule has 0 radical (unpaired) electrons. The van der Waals surface area contributed by atoms with Crippen LogP contribution in [0.1, 0.15) is 66.7 Å². The number of amides is 4. The van der Waals surface area contributed by atoms with E-state index >= 15 is 0 Å². The maximum absolute atomic E-state index is 12.2. The number of aromatic hydroxyl groups is 1. The number of pyridine rings is 1. The molecule has 23 nitrogen and oxygen atoms in total. The van der Waals surface area contributed by atoms with Gasteiger partial charge in [-0.25, -0.2) is 29.9 Å². The smallest absolute Gasteiger partial charge is 0.310 e. The van der Waals surface area contributed by atoms with Crippen LogP contribution in [0.5, 0.6) is 5.88 Å². The Hall–Kier alpha value is -9.27. The van der Waals surface area contributed by atoms with Crippen molar-refractivity contribution in [2.45, 2.75) is 46.1 Å². The number of carbonyl (C=O) groups excluding carboxylic acids is 6. The van der Waals surface area contributed by atoms with Crippen molar-refractivity contribution in [3.8, 4) is 5.88 Å². The number of benzene rings is 3. The van der Waals surface area contributed by atoms with Crippen LogP contribution < -0.4 is 35.9 Å². The van der Waals surface area contributed by atoms with E-state index in [9.17, 15) is 38.7 Å². The molecule has 0 aliphatic carbocycles. The molecule has 0 saturated carbocycles. The molecule has 4 amide bonds. The average molecular weight is 1190 g/mol. The average Bonchev–Trinajstić information content (AvgIpc) is 4.19. The van der Waals surface area contributed by atoms with Crippen LogP contribution in [0.4, 0.5) is 21.2 Å². The summed E-state index contributed by atoms with van der Waals surface area (Å²) >= 11 is 2.72. The Morgan fingerprint density at radius 3 is 1.94 bits per heavy atom. The number of rotatable bonds is 11. The fourth-order valence-electron chi connectivity index (χ4n) is 9.67. The maximum Gasteiger partial charge on any atom is 0.310 e. The Kier molecular flexibility index (Phi) is 18.5. The Balaban J connectivity index is 0.000000141. The predicted octanol–water partition coefficient (Wildman–Crippen LogP) is 6.44. The zero-order chi connectivity index (χ0) is 58.7. The van der Waals surface area contributed by atoms with E-state index in [-0.39, 0.29) is 50.9 Å². The fraction of sp³-hybridized carbons (Fsp3) is 0.259. The van der Waals surface area contributed by atoms with Crippen molar-refractivity contribution < 1.29 is 43.3 Å². The molecule has 4 saturated heterocycles. The van der Waals surface area contributed by atoms with E-state index in [0.29, 0.717) is 72.8 Å². The number of aliphatic imine (C=N–C) groups is 2. The standard InChI is InChI=1S/2C20H20N4O4S.C18H13N5O2S/c1-2-28-19(26)13-5-7-24(8-6-13)17-14-9-12(3-4-15(14)21-11-22-17)10-16-18(25)23-20(27)29-16;1-2-28-19(26)13-4-3-7-24(10-13)17-14-8-12(5-6-15(14)21-11-22-17)9-16-18(25)23-20(27)29-16;24-17-15(26-18(25)23-17)7-11-3-4-14-13(6-11)16(22-10-21-14)20-9-12-2-1-5-19-8-12/h3-4,9-11,13H,2,5-8H2,1H3,(H,23,25,27);5-6,8-9,11,13H,2-4,7,10H2,1H3,(H,23,25,27);1-8,10,24H,9H2,(H,23,25). The minimum atomic E-state index is -0.391. The lowest BCUT2D eigenvalue weighted by Crippen LogP contribution is -2.40. The third kappa shape index (κ3) is 14.1. The molecular weight excluding hydrogens is 1130 g/mol.